The van der Waals surface area contributed by atoms with Gasteiger partial charge in [-0.1, -0.05) is 40.2 Å². The van der Waals surface area contributed by atoms with Gasteiger partial charge < -0.3 is 10.2 Å². The van der Waals surface area contributed by atoms with E-state index in [0.29, 0.717) is 12.1 Å². The topological polar surface area (TPSA) is 67.2 Å². The molecule has 1 heterocycles. The zero-order chi connectivity index (χ0) is 21.8. The van der Waals surface area contributed by atoms with E-state index >= 15 is 0 Å². The summed E-state index contributed by atoms with van der Waals surface area (Å²) in [6, 6.07) is 15.1. The normalized spacial score (nSPS) is 10.7. The number of rotatable bonds is 6. The maximum atomic E-state index is 12.6. The van der Waals surface area contributed by atoms with Crippen LogP contribution in [0.5, 0.6) is 0 Å². The minimum Gasteiger partial charge on any atom is -0.343 e. The molecule has 156 valence electrons. The van der Waals surface area contributed by atoms with E-state index in [9.17, 15) is 9.59 Å². The van der Waals surface area contributed by atoms with Crippen LogP contribution in [0.1, 0.15) is 32.9 Å². The van der Waals surface area contributed by atoms with Gasteiger partial charge in [-0.25, -0.2) is 4.68 Å². The van der Waals surface area contributed by atoms with Gasteiger partial charge in [-0.15, -0.1) is 0 Å². The van der Waals surface area contributed by atoms with Crippen molar-refractivity contribution in [3.8, 4) is 5.69 Å². The lowest BCUT2D eigenvalue weighted by Crippen LogP contribution is -2.38. The maximum absolute atomic E-state index is 12.6. The molecular weight excluding hydrogens is 444 g/mol. The lowest BCUT2D eigenvalue weighted by molar-refractivity contribution is -0.129. The number of hydrogen-bond acceptors (Lipinski definition) is 3. The van der Waals surface area contributed by atoms with Crippen LogP contribution in [0.15, 0.2) is 53.0 Å². The summed E-state index contributed by atoms with van der Waals surface area (Å²) in [7, 11) is 1.73. The fourth-order valence-electron chi connectivity index (χ4n) is 3.29. The van der Waals surface area contributed by atoms with Crippen molar-refractivity contribution in [2.45, 2.75) is 27.3 Å². The molecule has 0 aliphatic carbocycles. The first-order chi connectivity index (χ1) is 14.3. The predicted molar refractivity (Wildman–Crippen MR) is 121 cm³/mol. The Hall–Kier alpha value is -2.93. The molecule has 0 aliphatic rings. The van der Waals surface area contributed by atoms with Crippen LogP contribution in [0.4, 0.5) is 0 Å². The number of amides is 2. The highest BCUT2D eigenvalue weighted by atomic mass is 79.9. The number of carbonyl (C=O) groups excluding carboxylic acids is 2. The van der Waals surface area contributed by atoms with Crippen molar-refractivity contribution in [3.63, 3.8) is 0 Å². The Morgan fingerprint density at radius 2 is 1.83 bits per heavy atom. The first-order valence-electron chi connectivity index (χ1n) is 9.66. The van der Waals surface area contributed by atoms with E-state index in [4.69, 9.17) is 0 Å². The number of nitrogens with zero attached hydrogens (tertiary/aromatic N) is 3. The first kappa shape index (κ1) is 21.8. The fraction of sp³-hybridized carbons (Fsp3) is 0.261. The molecule has 0 radical (unpaired) electrons. The molecule has 0 fully saturated rings. The van der Waals surface area contributed by atoms with Crippen LogP contribution in [0.3, 0.4) is 0 Å². The van der Waals surface area contributed by atoms with Crippen molar-refractivity contribution in [1.29, 1.82) is 0 Å². The van der Waals surface area contributed by atoms with Gasteiger partial charge in [0.05, 0.1) is 17.9 Å². The summed E-state index contributed by atoms with van der Waals surface area (Å²) in [6.07, 6.45) is 0. The molecule has 2 aromatic carbocycles. The Morgan fingerprint density at radius 1 is 1.10 bits per heavy atom. The van der Waals surface area contributed by atoms with Crippen molar-refractivity contribution in [3.05, 3.63) is 81.1 Å². The minimum atomic E-state index is -0.280. The molecule has 0 atom stereocenters. The van der Waals surface area contributed by atoms with Crippen LogP contribution in [0.25, 0.3) is 5.69 Å². The Morgan fingerprint density at radius 3 is 2.53 bits per heavy atom. The van der Waals surface area contributed by atoms with Gasteiger partial charge in [-0.05, 0) is 50.6 Å². The number of para-hydroxylation sites is 1. The van der Waals surface area contributed by atoms with Gasteiger partial charge in [0.15, 0.2) is 0 Å². The van der Waals surface area contributed by atoms with Gasteiger partial charge in [0.1, 0.15) is 0 Å². The fourth-order valence-corrected chi connectivity index (χ4v) is 3.69. The summed E-state index contributed by atoms with van der Waals surface area (Å²) in [5, 5.41) is 7.37. The van der Waals surface area contributed by atoms with E-state index in [1.54, 1.807) is 30.1 Å². The average molecular weight is 469 g/mol. The monoisotopic (exact) mass is 468 g/mol. The smallest absolute Gasteiger partial charge is 0.251 e. The zero-order valence-corrected chi connectivity index (χ0v) is 19.2. The molecule has 7 heteroatoms. The second-order valence-corrected chi connectivity index (χ2v) is 8.21. The molecule has 0 unspecified atom stereocenters. The number of likely N-dealkylation sites (N-methyl/N-ethyl adjacent to an activating group) is 1. The lowest BCUT2D eigenvalue weighted by atomic mass is 10.1. The molecule has 3 aromatic rings. The van der Waals surface area contributed by atoms with E-state index in [1.807, 2.05) is 42.8 Å². The highest BCUT2D eigenvalue weighted by Gasteiger charge is 2.18. The highest BCUT2D eigenvalue weighted by Crippen LogP contribution is 2.21. The third-order valence-corrected chi connectivity index (χ3v) is 5.59. The summed E-state index contributed by atoms with van der Waals surface area (Å²) in [6.45, 7) is 6.37. The second kappa shape index (κ2) is 9.26. The number of halogens is 1. The van der Waals surface area contributed by atoms with Crippen LogP contribution in [0, 0.1) is 20.8 Å². The summed E-state index contributed by atoms with van der Waals surface area (Å²) >= 11 is 3.34. The molecule has 0 bridgehead atoms. The third kappa shape index (κ3) is 4.79. The van der Waals surface area contributed by atoms with Crippen molar-refractivity contribution >= 4 is 27.7 Å². The van der Waals surface area contributed by atoms with Gasteiger partial charge in [-0.3, -0.25) is 9.59 Å². The van der Waals surface area contributed by atoms with Crippen LogP contribution < -0.4 is 5.32 Å². The number of benzene rings is 2. The Kier molecular flexibility index (Phi) is 6.72. The zero-order valence-electron chi connectivity index (χ0n) is 17.6. The molecule has 1 N–H and O–H groups in total. The van der Waals surface area contributed by atoms with Gasteiger partial charge in [0.25, 0.3) is 5.91 Å². The van der Waals surface area contributed by atoms with Gasteiger partial charge >= 0.3 is 0 Å². The van der Waals surface area contributed by atoms with Gasteiger partial charge in [0.2, 0.25) is 5.91 Å². The molecule has 1 aromatic heterocycles. The van der Waals surface area contributed by atoms with Crippen LogP contribution in [0.2, 0.25) is 0 Å². The van der Waals surface area contributed by atoms with Gasteiger partial charge in [0, 0.05) is 34.9 Å². The lowest BCUT2D eigenvalue weighted by Gasteiger charge is -2.18. The van der Waals surface area contributed by atoms with E-state index in [0.717, 1.165) is 32.7 Å². The molecule has 0 aliphatic heterocycles. The number of aromatic nitrogens is 2. The molecule has 0 saturated heterocycles. The number of nitrogens with one attached hydrogen (secondary N) is 1. The largest absolute Gasteiger partial charge is 0.343 e. The van der Waals surface area contributed by atoms with Crippen LogP contribution in [-0.4, -0.2) is 40.1 Å². The standard InChI is InChI=1S/C23H25BrN4O2/c1-15-8-5-6-11-21(15)28-17(3)20(16(2)26-28)14-27(4)22(29)13-25-23(30)18-9-7-10-19(24)12-18/h5-12H,13-14H2,1-4H3,(H,25,30). The van der Waals surface area contributed by atoms with Crippen LogP contribution in [-0.2, 0) is 11.3 Å². The molecular formula is C23H25BrN4O2. The number of hydrogen-bond donors (Lipinski definition) is 1. The van der Waals surface area contributed by atoms with Crippen molar-refractivity contribution < 1.29 is 9.59 Å². The van der Waals surface area contributed by atoms with E-state index in [2.05, 4.69) is 39.3 Å². The van der Waals surface area contributed by atoms with Crippen molar-refractivity contribution in [1.82, 2.24) is 20.0 Å². The summed E-state index contributed by atoms with van der Waals surface area (Å²) < 4.78 is 2.74. The van der Waals surface area contributed by atoms with Crippen molar-refractivity contribution in [2.75, 3.05) is 13.6 Å². The molecule has 0 saturated carbocycles. The molecule has 0 spiro atoms. The minimum absolute atomic E-state index is 0.0636. The first-order valence-corrected chi connectivity index (χ1v) is 10.5. The van der Waals surface area contributed by atoms with Gasteiger partial charge in [-0.2, -0.15) is 5.10 Å². The average Bonchev–Trinajstić information content (AvgIpc) is 3.00. The second-order valence-electron chi connectivity index (χ2n) is 7.29. The summed E-state index contributed by atoms with van der Waals surface area (Å²) in [5.41, 5.74) is 5.56. The van der Waals surface area contributed by atoms with Crippen molar-refractivity contribution in [2.24, 2.45) is 0 Å². The molecule has 30 heavy (non-hydrogen) atoms. The van der Waals surface area contributed by atoms with E-state index in [1.165, 1.54) is 0 Å². The Balaban J connectivity index is 1.67. The summed E-state index contributed by atoms with van der Waals surface area (Å²) in [5.74, 6) is -0.446. The molecule has 6 nitrogen and oxygen atoms in total. The third-order valence-electron chi connectivity index (χ3n) is 5.09. The molecule has 3 rings (SSSR count). The maximum Gasteiger partial charge on any atom is 0.251 e. The SMILES string of the molecule is Cc1ccccc1-n1nc(C)c(CN(C)C(=O)CNC(=O)c2cccc(Br)c2)c1C. The van der Waals surface area contributed by atoms with E-state index < -0.39 is 0 Å². The quantitative estimate of drug-likeness (QED) is 0.595. The number of aryl methyl sites for hydroxylation is 2. The predicted octanol–water partition coefficient (Wildman–Crippen LogP) is 3.95. The van der Waals surface area contributed by atoms with E-state index in [-0.39, 0.29) is 18.4 Å². The molecule has 2 amide bonds. The Bertz CT molecular complexity index is 1090. The highest BCUT2D eigenvalue weighted by molar-refractivity contribution is 9.10. The summed E-state index contributed by atoms with van der Waals surface area (Å²) in [4.78, 5) is 26.5. The Labute approximate surface area is 185 Å². The van der Waals surface area contributed by atoms with Crippen LogP contribution >= 0.6 is 15.9 Å². The number of carbonyl (C=O) groups is 2.